The van der Waals surface area contributed by atoms with Crippen LogP contribution in [0.25, 0.3) is 0 Å². The molecule has 2 heterocycles. The maximum atomic E-state index is 13.0. The number of carbonyl (C=O) groups excluding carboxylic acids is 2. The number of ether oxygens (including phenoxy) is 1. The predicted molar refractivity (Wildman–Crippen MR) is 125 cm³/mol. The van der Waals surface area contributed by atoms with Crippen LogP contribution in [-0.2, 0) is 16.0 Å². The number of aliphatic hydroxyl groups excluding tert-OH is 2. The highest BCUT2D eigenvalue weighted by Crippen LogP contribution is 2.30. The average molecular weight is 461 g/mol. The van der Waals surface area contributed by atoms with Gasteiger partial charge in [0, 0.05) is 24.2 Å². The molecule has 33 heavy (non-hydrogen) atoms. The van der Waals surface area contributed by atoms with Crippen molar-refractivity contribution in [3.8, 4) is 5.75 Å². The molecule has 8 nitrogen and oxygen atoms in total. The van der Waals surface area contributed by atoms with E-state index in [2.05, 4.69) is 10.6 Å². The van der Waals surface area contributed by atoms with Crippen LogP contribution in [0.15, 0.2) is 24.3 Å². The summed E-state index contributed by atoms with van der Waals surface area (Å²) in [5.41, 5.74) is 1.45. The Kier molecular flexibility index (Phi) is 8.88. The highest BCUT2D eigenvalue weighted by molar-refractivity contribution is 5.95. The monoisotopic (exact) mass is 460 g/mol. The Bertz CT molecular complexity index is 865. The molecule has 8 heteroatoms. The zero-order valence-electron chi connectivity index (χ0n) is 19.4. The number of piperidine rings is 1. The third-order valence-electron chi connectivity index (χ3n) is 6.66. The molecule has 1 fully saturated rings. The number of phenols is 1. The van der Waals surface area contributed by atoms with E-state index in [0.717, 1.165) is 38.2 Å². The second kappa shape index (κ2) is 11.6. The summed E-state index contributed by atoms with van der Waals surface area (Å²) < 4.78 is 5.59. The van der Waals surface area contributed by atoms with Gasteiger partial charge in [0.1, 0.15) is 23.5 Å². The van der Waals surface area contributed by atoms with E-state index in [1.54, 1.807) is 26.0 Å². The number of aromatic hydroxyl groups is 1. The van der Waals surface area contributed by atoms with Gasteiger partial charge in [-0.15, -0.1) is 0 Å². The van der Waals surface area contributed by atoms with Crippen molar-refractivity contribution in [3.05, 3.63) is 35.4 Å². The standard InChI is InChI=1S/C25H36N2O6/c1-15-6-7-21(29)24(31)20(28)5-3-4-18-12-19(27-14-17-8-10-26-11-9-17)13-22(30)23(18)25(32)33-16(15)2/h6-7,12-13,15-17,20,24,26-28,30-31H,3-5,8-11,14H2,1-2H3/b7-6-/t15-,16+,20+,24+/m1/s1. The molecule has 4 atom stereocenters. The Hall–Kier alpha value is -2.42. The predicted octanol–water partition coefficient (Wildman–Crippen LogP) is 2.17. The van der Waals surface area contributed by atoms with Crippen LogP contribution in [0.5, 0.6) is 5.75 Å². The largest absolute Gasteiger partial charge is 0.507 e. The van der Waals surface area contributed by atoms with Crippen molar-refractivity contribution in [2.24, 2.45) is 11.8 Å². The van der Waals surface area contributed by atoms with E-state index in [0.29, 0.717) is 24.3 Å². The molecule has 3 rings (SSSR count). The van der Waals surface area contributed by atoms with E-state index in [1.165, 1.54) is 6.08 Å². The molecule has 182 valence electrons. The highest BCUT2D eigenvalue weighted by Gasteiger charge is 2.26. The number of anilines is 1. The van der Waals surface area contributed by atoms with Gasteiger partial charge in [-0.2, -0.15) is 0 Å². The summed E-state index contributed by atoms with van der Waals surface area (Å²) in [6.45, 7) is 6.26. The minimum atomic E-state index is -1.50. The molecule has 1 aromatic carbocycles. The quantitative estimate of drug-likeness (QED) is 0.434. The van der Waals surface area contributed by atoms with E-state index >= 15 is 0 Å². The second-order valence-electron chi connectivity index (χ2n) is 9.24. The number of aryl methyl sites for hydroxylation is 1. The molecule has 0 spiro atoms. The van der Waals surface area contributed by atoms with Crippen molar-refractivity contribution in [2.75, 3.05) is 25.0 Å². The molecule has 1 aromatic rings. The molecule has 2 aliphatic heterocycles. The van der Waals surface area contributed by atoms with Crippen molar-refractivity contribution < 1.29 is 29.6 Å². The number of phenolic OH excluding ortho intramolecular Hbond substituents is 1. The van der Waals surface area contributed by atoms with E-state index < -0.39 is 30.1 Å². The fraction of sp³-hybridized carbons (Fsp3) is 0.600. The molecule has 0 aromatic heterocycles. The van der Waals surface area contributed by atoms with E-state index in [4.69, 9.17) is 4.74 Å². The molecule has 5 N–H and O–H groups in total. The molecule has 0 saturated carbocycles. The molecule has 0 amide bonds. The lowest BCUT2D eigenvalue weighted by atomic mass is 9.95. The lowest BCUT2D eigenvalue weighted by Crippen LogP contribution is -2.33. The number of fused-ring (bicyclic) bond motifs is 1. The zero-order chi connectivity index (χ0) is 24.0. The number of carbonyl (C=O) groups is 2. The molecule has 0 unspecified atom stereocenters. The molecular weight excluding hydrogens is 424 g/mol. The maximum Gasteiger partial charge on any atom is 0.342 e. The topological polar surface area (TPSA) is 128 Å². The van der Waals surface area contributed by atoms with Crippen LogP contribution >= 0.6 is 0 Å². The van der Waals surface area contributed by atoms with E-state index in [-0.39, 0.29) is 23.7 Å². The van der Waals surface area contributed by atoms with E-state index in [1.807, 2.05) is 6.07 Å². The number of hydrogen-bond donors (Lipinski definition) is 5. The number of rotatable bonds is 3. The molecule has 0 bridgehead atoms. The van der Waals surface area contributed by atoms with Crippen LogP contribution < -0.4 is 10.6 Å². The summed E-state index contributed by atoms with van der Waals surface area (Å²) in [5.74, 6) is -1.11. The summed E-state index contributed by atoms with van der Waals surface area (Å²) in [7, 11) is 0. The Labute approximate surface area is 195 Å². The second-order valence-corrected chi connectivity index (χ2v) is 9.24. The van der Waals surface area contributed by atoms with Crippen molar-refractivity contribution >= 4 is 17.4 Å². The summed E-state index contributed by atoms with van der Waals surface area (Å²) in [5, 5.41) is 37.8. The number of nitrogens with one attached hydrogen (secondary N) is 2. The Balaban J connectivity index is 1.84. The van der Waals surface area contributed by atoms with Gasteiger partial charge in [-0.05, 0) is 75.7 Å². The van der Waals surface area contributed by atoms with Crippen LogP contribution in [0, 0.1) is 11.8 Å². The van der Waals surface area contributed by atoms with Crippen molar-refractivity contribution in [1.82, 2.24) is 5.32 Å². The Morgan fingerprint density at radius 1 is 1.12 bits per heavy atom. The molecule has 0 radical (unpaired) electrons. The number of esters is 1. The summed E-state index contributed by atoms with van der Waals surface area (Å²) in [6, 6.07) is 3.39. The molecule has 2 aliphatic rings. The van der Waals surface area contributed by atoms with Crippen LogP contribution in [0.4, 0.5) is 5.69 Å². The fourth-order valence-electron chi connectivity index (χ4n) is 4.25. The minimum Gasteiger partial charge on any atom is -0.507 e. The first-order valence-corrected chi connectivity index (χ1v) is 11.9. The SMILES string of the molecule is C[C@@H]1/C=C\C(=O)[C@@H](O)[C@@H](O)CCCc2cc(NCC3CCNCC3)cc(O)c2C(=O)O[C@H]1C. The van der Waals surface area contributed by atoms with Gasteiger partial charge < -0.3 is 30.7 Å². The lowest BCUT2D eigenvalue weighted by Gasteiger charge is -2.24. The maximum absolute atomic E-state index is 13.0. The fourth-order valence-corrected chi connectivity index (χ4v) is 4.25. The van der Waals surface area contributed by atoms with Crippen LogP contribution in [0.1, 0.15) is 55.5 Å². The minimum absolute atomic E-state index is 0.119. The van der Waals surface area contributed by atoms with Gasteiger partial charge in [-0.1, -0.05) is 13.0 Å². The molecule has 0 aliphatic carbocycles. The van der Waals surface area contributed by atoms with Crippen molar-refractivity contribution in [3.63, 3.8) is 0 Å². The lowest BCUT2D eigenvalue weighted by molar-refractivity contribution is -0.128. The Morgan fingerprint density at radius 2 is 1.85 bits per heavy atom. The van der Waals surface area contributed by atoms with Crippen molar-refractivity contribution in [2.45, 2.75) is 64.3 Å². The van der Waals surface area contributed by atoms with Gasteiger partial charge in [-0.25, -0.2) is 4.79 Å². The Morgan fingerprint density at radius 3 is 2.58 bits per heavy atom. The number of benzene rings is 1. The van der Waals surface area contributed by atoms with Crippen LogP contribution in [-0.4, -0.2) is 65.0 Å². The molecule has 1 saturated heterocycles. The zero-order valence-corrected chi connectivity index (χ0v) is 19.4. The smallest absolute Gasteiger partial charge is 0.342 e. The third-order valence-corrected chi connectivity index (χ3v) is 6.66. The number of hydrogen-bond acceptors (Lipinski definition) is 8. The van der Waals surface area contributed by atoms with Crippen molar-refractivity contribution in [1.29, 1.82) is 0 Å². The van der Waals surface area contributed by atoms with E-state index in [9.17, 15) is 24.9 Å². The van der Waals surface area contributed by atoms with Gasteiger partial charge in [0.2, 0.25) is 0 Å². The van der Waals surface area contributed by atoms with Crippen LogP contribution in [0.2, 0.25) is 0 Å². The molecular formula is C25H36N2O6. The van der Waals surface area contributed by atoms with Gasteiger partial charge in [0.25, 0.3) is 0 Å². The number of ketones is 1. The first-order valence-electron chi connectivity index (χ1n) is 11.9. The van der Waals surface area contributed by atoms with Gasteiger partial charge in [0.05, 0.1) is 6.10 Å². The van der Waals surface area contributed by atoms with Gasteiger partial charge in [0.15, 0.2) is 5.78 Å². The normalized spacial score (nSPS) is 29.0. The highest BCUT2D eigenvalue weighted by atomic mass is 16.5. The third kappa shape index (κ3) is 6.79. The summed E-state index contributed by atoms with van der Waals surface area (Å²) >= 11 is 0. The summed E-state index contributed by atoms with van der Waals surface area (Å²) in [4.78, 5) is 25.1. The number of cyclic esters (lactones) is 1. The van der Waals surface area contributed by atoms with Gasteiger partial charge in [-0.3, -0.25) is 4.79 Å². The number of aliphatic hydroxyl groups is 2. The average Bonchev–Trinajstić information content (AvgIpc) is 2.80. The van der Waals surface area contributed by atoms with Gasteiger partial charge >= 0.3 is 5.97 Å². The first kappa shape index (κ1) is 25.2. The van der Waals surface area contributed by atoms with Crippen LogP contribution in [0.3, 0.4) is 0 Å². The first-order chi connectivity index (χ1) is 15.8. The summed E-state index contributed by atoms with van der Waals surface area (Å²) in [6.07, 6.45) is 2.64.